The Bertz CT molecular complexity index is 890. The van der Waals surface area contributed by atoms with Crippen molar-refractivity contribution in [3.05, 3.63) is 71.5 Å². The van der Waals surface area contributed by atoms with E-state index >= 15 is 0 Å². The molecule has 0 radical (unpaired) electrons. The van der Waals surface area contributed by atoms with Crippen molar-refractivity contribution in [1.29, 1.82) is 0 Å². The Hall–Kier alpha value is -2.40. The topological polar surface area (TPSA) is 49.4 Å². The number of amides is 2. The normalized spacial score (nSPS) is 21.6. The Morgan fingerprint density at radius 1 is 1.09 bits per heavy atom. The molecule has 0 saturated heterocycles. The maximum atomic E-state index is 13.6. The SMILES string of the molecule is C[C@@H]1[C@H](C)CCC[C@@H]1NC(=O)[C@H](c1ccc(F)cc1)N(CCc1ccccc1)C(=O)CCl. The molecule has 1 saturated carbocycles. The summed E-state index contributed by atoms with van der Waals surface area (Å²) < 4.78 is 13.6. The predicted molar refractivity (Wildman–Crippen MR) is 126 cm³/mol. The van der Waals surface area contributed by atoms with Gasteiger partial charge in [-0.15, -0.1) is 11.6 Å². The Morgan fingerprint density at radius 2 is 1.78 bits per heavy atom. The van der Waals surface area contributed by atoms with Crippen molar-refractivity contribution in [2.24, 2.45) is 11.8 Å². The molecule has 0 bridgehead atoms. The molecule has 32 heavy (non-hydrogen) atoms. The summed E-state index contributed by atoms with van der Waals surface area (Å²) >= 11 is 5.94. The summed E-state index contributed by atoms with van der Waals surface area (Å²) in [5.41, 5.74) is 1.64. The van der Waals surface area contributed by atoms with Crippen LogP contribution in [0.25, 0.3) is 0 Å². The smallest absolute Gasteiger partial charge is 0.247 e. The fraction of sp³-hybridized carbons (Fsp3) is 0.462. The van der Waals surface area contributed by atoms with Crippen molar-refractivity contribution in [2.45, 2.75) is 51.6 Å². The van der Waals surface area contributed by atoms with Gasteiger partial charge in [-0.25, -0.2) is 4.39 Å². The summed E-state index contributed by atoms with van der Waals surface area (Å²) in [6.45, 7) is 4.71. The lowest BCUT2D eigenvalue weighted by atomic mass is 9.78. The van der Waals surface area contributed by atoms with Crippen molar-refractivity contribution < 1.29 is 14.0 Å². The van der Waals surface area contributed by atoms with E-state index in [9.17, 15) is 14.0 Å². The van der Waals surface area contributed by atoms with Crippen LogP contribution in [-0.4, -0.2) is 35.2 Å². The molecule has 4 atom stereocenters. The van der Waals surface area contributed by atoms with Gasteiger partial charge in [0.15, 0.2) is 0 Å². The second-order valence-electron chi connectivity index (χ2n) is 8.79. The predicted octanol–water partition coefficient (Wildman–Crippen LogP) is 5.12. The first-order valence-corrected chi connectivity index (χ1v) is 11.9. The van der Waals surface area contributed by atoms with E-state index in [2.05, 4.69) is 19.2 Å². The molecule has 1 aliphatic rings. The van der Waals surface area contributed by atoms with Gasteiger partial charge in [-0.2, -0.15) is 0 Å². The van der Waals surface area contributed by atoms with Gasteiger partial charge < -0.3 is 10.2 Å². The van der Waals surface area contributed by atoms with Crippen LogP contribution >= 0.6 is 11.6 Å². The Morgan fingerprint density at radius 3 is 2.44 bits per heavy atom. The van der Waals surface area contributed by atoms with Crippen molar-refractivity contribution in [2.75, 3.05) is 12.4 Å². The first-order chi connectivity index (χ1) is 15.4. The number of benzene rings is 2. The summed E-state index contributed by atoms with van der Waals surface area (Å²) in [7, 11) is 0. The van der Waals surface area contributed by atoms with Gasteiger partial charge in [0.1, 0.15) is 17.7 Å². The highest BCUT2D eigenvalue weighted by Gasteiger charge is 2.35. The highest BCUT2D eigenvalue weighted by Crippen LogP contribution is 2.31. The second-order valence-corrected chi connectivity index (χ2v) is 9.06. The molecule has 2 aromatic carbocycles. The molecule has 2 amide bonds. The Balaban J connectivity index is 1.88. The van der Waals surface area contributed by atoms with Crippen molar-refractivity contribution >= 4 is 23.4 Å². The quantitative estimate of drug-likeness (QED) is 0.558. The average molecular weight is 459 g/mol. The first kappa shape index (κ1) is 24.2. The average Bonchev–Trinajstić information content (AvgIpc) is 2.80. The largest absolute Gasteiger partial charge is 0.351 e. The number of hydrogen-bond donors (Lipinski definition) is 1. The molecule has 3 rings (SSSR count). The summed E-state index contributed by atoms with van der Waals surface area (Å²) in [4.78, 5) is 28.0. The van der Waals surface area contributed by atoms with Gasteiger partial charge in [-0.1, -0.05) is 69.2 Å². The van der Waals surface area contributed by atoms with Gasteiger partial charge in [0.05, 0.1) is 0 Å². The second kappa shape index (κ2) is 11.5. The molecule has 0 aromatic heterocycles. The number of hydrogen-bond acceptors (Lipinski definition) is 2. The minimum absolute atomic E-state index is 0.0521. The molecule has 4 nitrogen and oxygen atoms in total. The van der Waals surface area contributed by atoms with Gasteiger partial charge in [0.25, 0.3) is 0 Å². The van der Waals surface area contributed by atoms with Crippen LogP contribution in [0.5, 0.6) is 0 Å². The zero-order chi connectivity index (χ0) is 23.1. The first-order valence-electron chi connectivity index (χ1n) is 11.4. The number of carbonyl (C=O) groups excluding carboxylic acids is 2. The Kier molecular flexibility index (Phi) is 8.68. The molecule has 0 heterocycles. The van der Waals surface area contributed by atoms with E-state index < -0.39 is 6.04 Å². The summed E-state index contributed by atoms with van der Waals surface area (Å²) in [6, 6.07) is 14.8. The van der Waals surface area contributed by atoms with Crippen LogP contribution in [0, 0.1) is 17.7 Å². The number of carbonyl (C=O) groups is 2. The lowest BCUT2D eigenvalue weighted by Crippen LogP contribution is -2.50. The lowest BCUT2D eigenvalue weighted by Gasteiger charge is -2.37. The van der Waals surface area contributed by atoms with Gasteiger partial charge in [-0.3, -0.25) is 9.59 Å². The number of nitrogens with one attached hydrogen (secondary N) is 1. The summed E-state index contributed by atoms with van der Waals surface area (Å²) in [6.07, 6.45) is 3.73. The zero-order valence-electron chi connectivity index (χ0n) is 18.8. The third-order valence-electron chi connectivity index (χ3n) is 6.70. The van der Waals surface area contributed by atoms with E-state index in [4.69, 9.17) is 11.6 Å². The van der Waals surface area contributed by atoms with Gasteiger partial charge in [0, 0.05) is 12.6 Å². The summed E-state index contributed by atoms with van der Waals surface area (Å²) in [5, 5.41) is 3.20. The van der Waals surface area contributed by atoms with Crippen molar-refractivity contribution in [3.63, 3.8) is 0 Å². The molecule has 2 aromatic rings. The van der Waals surface area contributed by atoms with Crippen molar-refractivity contribution in [3.8, 4) is 0 Å². The minimum Gasteiger partial charge on any atom is -0.351 e. The fourth-order valence-corrected chi connectivity index (χ4v) is 4.69. The van der Waals surface area contributed by atoms with Crippen molar-refractivity contribution in [1.82, 2.24) is 10.2 Å². The highest BCUT2D eigenvalue weighted by molar-refractivity contribution is 6.27. The number of alkyl halides is 1. The van der Waals surface area contributed by atoms with E-state index in [1.54, 1.807) is 12.1 Å². The number of rotatable bonds is 8. The van der Waals surface area contributed by atoms with E-state index in [0.717, 1.165) is 24.8 Å². The van der Waals surface area contributed by atoms with Gasteiger partial charge >= 0.3 is 0 Å². The lowest BCUT2D eigenvalue weighted by molar-refractivity contribution is -0.139. The molecular weight excluding hydrogens is 427 g/mol. The third kappa shape index (κ3) is 6.10. The molecule has 0 spiro atoms. The Labute approximate surface area is 195 Å². The molecule has 6 heteroatoms. The van der Waals surface area contributed by atoms with Crippen LogP contribution < -0.4 is 5.32 Å². The molecule has 1 fully saturated rings. The van der Waals surface area contributed by atoms with Crippen LogP contribution in [0.1, 0.15) is 50.3 Å². The molecule has 1 aliphatic carbocycles. The third-order valence-corrected chi connectivity index (χ3v) is 6.93. The molecule has 0 aliphatic heterocycles. The summed E-state index contributed by atoms with van der Waals surface area (Å²) in [5.74, 6) is -0.301. The fourth-order valence-electron chi connectivity index (χ4n) is 4.53. The van der Waals surface area contributed by atoms with Gasteiger partial charge in [-0.05, 0) is 47.9 Å². The van der Waals surface area contributed by atoms with Gasteiger partial charge in [0.2, 0.25) is 11.8 Å². The molecular formula is C26H32ClFN2O2. The van der Waals surface area contributed by atoms with E-state index in [0.29, 0.717) is 30.4 Å². The van der Waals surface area contributed by atoms with Crippen LogP contribution in [0.2, 0.25) is 0 Å². The maximum absolute atomic E-state index is 13.6. The molecule has 1 N–H and O–H groups in total. The standard InChI is InChI=1S/C26H32ClFN2O2/c1-18-7-6-10-23(19(18)2)29-26(32)25(21-11-13-22(28)14-12-21)30(24(31)17-27)16-15-20-8-4-3-5-9-20/h3-5,8-9,11-14,18-19,23,25H,6-7,10,15-17H2,1-2H3,(H,29,32)/t18-,19-,23+,25+/m1/s1. The monoisotopic (exact) mass is 458 g/mol. The van der Waals surface area contributed by atoms with Crippen LogP contribution in [0.15, 0.2) is 54.6 Å². The van der Waals surface area contributed by atoms with Crippen LogP contribution in [0.3, 0.4) is 0 Å². The number of nitrogens with zero attached hydrogens (tertiary/aromatic N) is 1. The van der Waals surface area contributed by atoms with E-state index in [1.165, 1.54) is 17.0 Å². The van der Waals surface area contributed by atoms with Crippen LogP contribution in [0.4, 0.5) is 4.39 Å². The zero-order valence-corrected chi connectivity index (χ0v) is 19.5. The van der Waals surface area contributed by atoms with E-state index in [1.807, 2.05) is 30.3 Å². The van der Waals surface area contributed by atoms with Crippen LogP contribution in [-0.2, 0) is 16.0 Å². The minimum atomic E-state index is -0.866. The molecule has 0 unspecified atom stereocenters. The molecule has 172 valence electrons. The highest BCUT2D eigenvalue weighted by atomic mass is 35.5. The maximum Gasteiger partial charge on any atom is 0.247 e. The van der Waals surface area contributed by atoms with E-state index in [-0.39, 0.29) is 29.6 Å². The number of halogens is 2.